The summed E-state index contributed by atoms with van der Waals surface area (Å²) in [6.07, 6.45) is 7.21. The molecule has 0 heterocycles. The smallest absolute Gasteiger partial charge is 0.323 e. The molecule has 0 aromatic rings. The maximum absolute atomic E-state index is 11.4. The third-order valence-electron chi connectivity index (χ3n) is 3.83. The summed E-state index contributed by atoms with van der Waals surface area (Å²) in [4.78, 5) is 11.4. The van der Waals surface area contributed by atoms with E-state index in [1.807, 2.05) is 0 Å². The van der Waals surface area contributed by atoms with Gasteiger partial charge in [-0.25, -0.2) is 0 Å². The molecule has 0 bridgehead atoms. The second kappa shape index (κ2) is 4.12. The molecule has 0 radical (unpaired) electrons. The molecule has 0 spiro atoms. The summed E-state index contributed by atoms with van der Waals surface area (Å²) < 4.78 is 0. The molecule has 2 fully saturated rings. The Kier molecular flexibility index (Phi) is 3.01. The first kappa shape index (κ1) is 10.9. The molecule has 2 saturated carbocycles. The lowest BCUT2D eigenvalue weighted by molar-refractivity contribution is -0.145. The minimum atomic E-state index is -0.636. The number of carboxylic acids is 1. The summed E-state index contributed by atoms with van der Waals surface area (Å²) in [6, 6.07) is 0.481. The number of carboxylic acid groups (broad SMARTS) is 1. The molecule has 2 aliphatic rings. The lowest BCUT2D eigenvalue weighted by Crippen LogP contribution is -2.52. The van der Waals surface area contributed by atoms with Crippen molar-refractivity contribution in [3.8, 4) is 0 Å². The van der Waals surface area contributed by atoms with Gasteiger partial charge in [0.25, 0.3) is 0 Å². The highest BCUT2D eigenvalue weighted by Gasteiger charge is 2.43. The molecule has 0 saturated heterocycles. The normalized spacial score (nSPS) is 37.3. The van der Waals surface area contributed by atoms with Crippen LogP contribution in [-0.2, 0) is 4.79 Å². The average molecular weight is 211 g/mol. The molecule has 86 valence electrons. The van der Waals surface area contributed by atoms with Crippen LogP contribution in [0.25, 0.3) is 0 Å². The molecule has 15 heavy (non-hydrogen) atoms. The molecule has 2 rings (SSSR count). The SMILES string of the molecule is CC1CCCC(NC2CC2)(C(=O)O)CC1. The van der Waals surface area contributed by atoms with E-state index >= 15 is 0 Å². The van der Waals surface area contributed by atoms with Gasteiger partial charge in [0.15, 0.2) is 0 Å². The maximum Gasteiger partial charge on any atom is 0.323 e. The summed E-state index contributed by atoms with van der Waals surface area (Å²) in [5, 5.41) is 12.8. The topological polar surface area (TPSA) is 49.3 Å². The Morgan fingerprint density at radius 2 is 2.00 bits per heavy atom. The predicted molar refractivity (Wildman–Crippen MR) is 58.8 cm³/mol. The third kappa shape index (κ3) is 2.51. The highest BCUT2D eigenvalue weighted by molar-refractivity contribution is 5.79. The van der Waals surface area contributed by atoms with Gasteiger partial charge in [-0.3, -0.25) is 10.1 Å². The predicted octanol–water partition coefficient (Wildman–Crippen LogP) is 2.16. The molecule has 3 nitrogen and oxygen atoms in total. The minimum absolute atomic E-state index is 0.481. The van der Waals surface area contributed by atoms with Crippen molar-refractivity contribution in [2.75, 3.05) is 0 Å². The molecular formula is C12H21NO2. The van der Waals surface area contributed by atoms with Gasteiger partial charge in [-0.1, -0.05) is 19.8 Å². The lowest BCUT2D eigenvalue weighted by atomic mass is 9.89. The fourth-order valence-electron chi connectivity index (χ4n) is 2.55. The van der Waals surface area contributed by atoms with Crippen molar-refractivity contribution in [3.05, 3.63) is 0 Å². The van der Waals surface area contributed by atoms with E-state index < -0.39 is 11.5 Å². The molecule has 0 aliphatic heterocycles. The first-order valence-corrected chi connectivity index (χ1v) is 6.13. The van der Waals surface area contributed by atoms with E-state index in [2.05, 4.69) is 12.2 Å². The molecular weight excluding hydrogens is 190 g/mol. The van der Waals surface area contributed by atoms with Crippen LogP contribution in [0, 0.1) is 5.92 Å². The fourth-order valence-corrected chi connectivity index (χ4v) is 2.55. The van der Waals surface area contributed by atoms with Crippen LogP contribution in [0.2, 0.25) is 0 Å². The molecule has 2 aliphatic carbocycles. The molecule has 0 amide bonds. The zero-order valence-corrected chi connectivity index (χ0v) is 9.46. The van der Waals surface area contributed by atoms with Crippen molar-refractivity contribution in [1.29, 1.82) is 0 Å². The molecule has 0 aromatic carbocycles. The van der Waals surface area contributed by atoms with Crippen molar-refractivity contribution in [2.24, 2.45) is 5.92 Å². The quantitative estimate of drug-likeness (QED) is 0.703. The van der Waals surface area contributed by atoms with E-state index in [0.717, 1.165) is 38.5 Å². The monoisotopic (exact) mass is 211 g/mol. The van der Waals surface area contributed by atoms with Gasteiger partial charge >= 0.3 is 5.97 Å². The number of nitrogens with one attached hydrogen (secondary N) is 1. The summed E-state index contributed by atoms with van der Waals surface area (Å²) in [5.74, 6) is 0.0516. The van der Waals surface area contributed by atoms with Crippen LogP contribution >= 0.6 is 0 Å². The van der Waals surface area contributed by atoms with Crippen LogP contribution < -0.4 is 5.32 Å². The highest BCUT2D eigenvalue weighted by atomic mass is 16.4. The Morgan fingerprint density at radius 1 is 1.27 bits per heavy atom. The van der Waals surface area contributed by atoms with Gasteiger partial charge in [-0.2, -0.15) is 0 Å². The second-order valence-corrected chi connectivity index (χ2v) is 5.34. The largest absolute Gasteiger partial charge is 0.480 e. The van der Waals surface area contributed by atoms with Crippen LogP contribution in [-0.4, -0.2) is 22.7 Å². The Morgan fingerprint density at radius 3 is 2.60 bits per heavy atom. The standard InChI is InChI=1S/C12H21NO2/c1-9-3-2-7-12(8-6-9,11(14)15)13-10-4-5-10/h9-10,13H,2-8H2,1H3,(H,14,15). The van der Waals surface area contributed by atoms with E-state index in [1.54, 1.807) is 0 Å². The van der Waals surface area contributed by atoms with Gasteiger partial charge in [0.05, 0.1) is 0 Å². The number of hydrogen-bond acceptors (Lipinski definition) is 2. The first-order valence-electron chi connectivity index (χ1n) is 6.13. The van der Waals surface area contributed by atoms with Gasteiger partial charge in [0, 0.05) is 6.04 Å². The molecule has 2 N–H and O–H groups in total. The summed E-state index contributed by atoms with van der Waals surface area (Å²) in [6.45, 7) is 2.23. The van der Waals surface area contributed by atoms with Gasteiger partial charge in [0.1, 0.15) is 5.54 Å². The summed E-state index contributed by atoms with van der Waals surface area (Å²) >= 11 is 0. The molecule has 2 atom stereocenters. The van der Waals surface area contributed by atoms with Crippen LogP contribution in [0.5, 0.6) is 0 Å². The van der Waals surface area contributed by atoms with E-state index in [1.165, 1.54) is 6.42 Å². The number of aliphatic carboxylic acids is 1. The zero-order chi connectivity index (χ0) is 10.9. The Bertz CT molecular complexity index is 250. The van der Waals surface area contributed by atoms with Gasteiger partial charge < -0.3 is 5.11 Å². The Balaban J connectivity index is 2.05. The third-order valence-corrected chi connectivity index (χ3v) is 3.83. The van der Waals surface area contributed by atoms with E-state index in [0.29, 0.717) is 12.0 Å². The molecule has 0 aromatic heterocycles. The summed E-state index contributed by atoms with van der Waals surface area (Å²) in [5.41, 5.74) is -0.605. The highest BCUT2D eigenvalue weighted by Crippen LogP contribution is 2.33. The van der Waals surface area contributed by atoms with Crippen molar-refractivity contribution < 1.29 is 9.90 Å². The van der Waals surface area contributed by atoms with Crippen molar-refractivity contribution >= 4 is 5.97 Å². The molecule has 2 unspecified atom stereocenters. The van der Waals surface area contributed by atoms with E-state index in [9.17, 15) is 9.90 Å². The number of hydrogen-bond donors (Lipinski definition) is 2. The van der Waals surface area contributed by atoms with Gasteiger partial charge in [-0.05, 0) is 38.0 Å². The van der Waals surface area contributed by atoms with Crippen LogP contribution in [0.3, 0.4) is 0 Å². The van der Waals surface area contributed by atoms with Crippen molar-refractivity contribution in [2.45, 2.75) is 63.5 Å². The Labute approximate surface area is 91.2 Å². The fraction of sp³-hybridized carbons (Fsp3) is 0.917. The zero-order valence-electron chi connectivity index (χ0n) is 9.46. The number of carbonyl (C=O) groups is 1. The van der Waals surface area contributed by atoms with Gasteiger partial charge in [-0.15, -0.1) is 0 Å². The summed E-state index contributed by atoms with van der Waals surface area (Å²) in [7, 11) is 0. The van der Waals surface area contributed by atoms with Crippen LogP contribution in [0.1, 0.15) is 51.9 Å². The van der Waals surface area contributed by atoms with Crippen LogP contribution in [0.15, 0.2) is 0 Å². The lowest BCUT2D eigenvalue weighted by Gasteiger charge is -2.29. The first-order chi connectivity index (χ1) is 7.12. The molecule has 3 heteroatoms. The van der Waals surface area contributed by atoms with E-state index in [-0.39, 0.29) is 0 Å². The van der Waals surface area contributed by atoms with Gasteiger partial charge in [0.2, 0.25) is 0 Å². The minimum Gasteiger partial charge on any atom is -0.480 e. The van der Waals surface area contributed by atoms with Crippen LogP contribution in [0.4, 0.5) is 0 Å². The maximum atomic E-state index is 11.4. The number of rotatable bonds is 3. The Hall–Kier alpha value is -0.570. The second-order valence-electron chi connectivity index (χ2n) is 5.34. The van der Waals surface area contributed by atoms with Crippen molar-refractivity contribution in [1.82, 2.24) is 5.32 Å². The van der Waals surface area contributed by atoms with E-state index in [4.69, 9.17) is 0 Å². The van der Waals surface area contributed by atoms with Crippen molar-refractivity contribution in [3.63, 3.8) is 0 Å². The average Bonchev–Trinajstić information content (AvgIpc) is 2.97.